The lowest BCUT2D eigenvalue weighted by atomic mass is 10.0. The highest BCUT2D eigenvalue weighted by molar-refractivity contribution is 14.0. The summed E-state index contributed by atoms with van der Waals surface area (Å²) in [5, 5.41) is 6.98. The molecule has 0 aromatic rings. The topological polar surface area (TPSA) is 42.9 Å². The Morgan fingerprint density at radius 2 is 1.71 bits per heavy atom. The predicted octanol–water partition coefficient (Wildman–Crippen LogP) is 2.62. The number of nitrogens with zero attached hydrogens (tertiary/aromatic N) is 3. The zero-order valence-electron chi connectivity index (χ0n) is 16.5. The molecule has 1 atom stereocenters. The van der Waals surface area contributed by atoms with E-state index in [1.165, 1.54) is 51.9 Å². The molecule has 2 N–H and O–H groups in total. The van der Waals surface area contributed by atoms with Crippen molar-refractivity contribution in [3.63, 3.8) is 0 Å². The lowest BCUT2D eigenvalue weighted by Crippen LogP contribution is -2.55. The molecule has 0 saturated carbocycles. The monoisotopic (exact) mass is 453 g/mol. The summed E-state index contributed by atoms with van der Waals surface area (Å²) in [4.78, 5) is 9.41. The highest BCUT2D eigenvalue weighted by Crippen LogP contribution is 2.12. The molecule has 1 fully saturated rings. The molecule has 1 aliphatic heterocycles. The first kappa shape index (κ1) is 23.9. The van der Waals surface area contributed by atoms with E-state index in [4.69, 9.17) is 0 Å². The smallest absolute Gasteiger partial charge is 0.191 e. The van der Waals surface area contributed by atoms with Crippen molar-refractivity contribution in [1.29, 1.82) is 0 Å². The molecule has 1 saturated heterocycles. The van der Waals surface area contributed by atoms with Gasteiger partial charge in [-0.3, -0.25) is 9.89 Å². The Labute approximate surface area is 167 Å². The molecule has 144 valence electrons. The van der Waals surface area contributed by atoms with E-state index in [9.17, 15) is 0 Å². The minimum absolute atomic E-state index is 0. The third kappa shape index (κ3) is 9.42. The molecule has 0 spiro atoms. The second-order valence-electron chi connectivity index (χ2n) is 7.09. The van der Waals surface area contributed by atoms with Crippen LogP contribution in [0.2, 0.25) is 0 Å². The van der Waals surface area contributed by atoms with Crippen molar-refractivity contribution in [2.75, 3.05) is 53.4 Å². The van der Waals surface area contributed by atoms with Crippen LogP contribution in [-0.2, 0) is 0 Å². The molecule has 6 heteroatoms. The summed E-state index contributed by atoms with van der Waals surface area (Å²) in [5.74, 6) is 1.59. The van der Waals surface area contributed by atoms with Gasteiger partial charge in [0.05, 0.1) is 0 Å². The van der Waals surface area contributed by atoms with Crippen LogP contribution in [0.4, 0.5) is 0 Å². The van der Waals surface area contributed by atoms with Gasteiger partial charge in [0, 0.05) is 52.4 Å². The van der Waals surface area contributed by atoms with Crippen molar-refractivity contribution in [3.05, 3.63) is 0 Å². The third-order valence-electron chi connectivity index (χ3n) is 4.80. The summed E-state index contributed by atoms with van der Waals surface area (Å²) in [7, 11) is 4.08. The fraction of sp³-hybridized carbons (Fsp3) is 0.944. The van der Waals surface area contributed by atoms with Gasteiger partial charge in [0.2, 0.25) is 0 Å². The van der Waals surface area contributed by atoms with Gasteiger partial charge in [0.25, 0.3) is 0 Å². The van der Waals surface area contributed by atoms with Crippen LogP contribution in [0.3, 0.4) is 0 Å². The molecule has 5 nitrogen and oxygen atoms in total. The fourth-order valence-electron chi connectivity index (χ4n) is 3.12. The Bertz CT molecular complexity index is 327. The molecular weight excluding hydrogens is 413 g/mol. The van der Waals surface area contributed by atoms with Crippen LogP contribution in [0.25, 0.3) is 0 Å². The number of piperazine rings is 1. The number of hydrogen-bond donors (Lipinski definition) is 2. The quantitative estimate of drug-likeness (QED) is 0.244. The van der Waals surface area contributed by atoms with Crippen molar-refractivity contribution in [2.24, 2.45) is 10.9 Å². The van der Waals surface area contributed by atoms with E-state index in [2.05, 4.69) is 53.2 Å². The average Bonchev–Trinajstić information content (AvgIpc) is 2.54. The lowest BCUT2D eigenvalue weighted by molar-refractivity contribution is 0.0900. The van der Waals surface area contributed by atoms with Crippen molar-refractivity contribution in [2.45, 2.75) is 52.5 Å². The Morgan fingerprint density at radius 3 is 2.25 bits per heavy atom. The first-order chi connectivity index (χ1) is 11.1. The predicted molar refractivity (Wildman–Crippen MR) is 117 cm³/mol. The Balaban J connectivity index is 0.00000529. The van der Waals surface area contributed by atoms with Gasteiger partial charge in [-0.05, 0) is 19.4 Å². The molecule has 1 unspecified atom stereocenters. The Hall–Kier alpha value is -0.0800. The van der Waals surface area contributed by atoms with E-state index in [0.29, 0.717) is 12.0 Å². The largest absolute Gasteiger partial charge is 0.356 e. The van der Waals surface area contributed by atoms with Gasteiger partial charge in [0.15, 0.2) is 5.96 Å². The molecule has 0 aromatic carbocycles. The van der Waals surface area contributed by atoms with Gasteiger partial charge >= 0.3 is 0 Å². The van der Waals surface area contributed by atoms with E-state index in [1.807, 2.05) is 7.05 Å². The van der Waals surface area contributed by atoms with E-state index in [1.54, 1.807) is 0 Å². The van der Waals surface area contributed by atoms with Gasteiger partial charge in [-0.25, -0.2) is 0 Å². The summed E-state index contributed by atoms with van der Waals surface area (Å²) in [6.45, 7) is 13.6. The van der Waals surface area contributed by atoms with E-state index in [-0.39, 0.29) is 24.0 Å². The van der Waals surface area contributed by atoms with Gasteiger partial charge in [-0.15, -0.1) is 24.0 Å². The lowest BCUT2D eigenvalue weighted by Gasteiger charge is -2.40. The molecule has 0 aliphatic carbocycles. The summed E-state index contributed by atoms with van der Waals surface area (Å²) in [6, 6.07) is 0.572. The number of likely N-dealkylation sites (N-methyl/N-ethyl adjacent to an activating group) is 1. The Morgan fingerprint density at radius 1 is 1.04 bits per heavy atom. The summed E-state index contributed by atoms with van der Waals surface area (Å²) in [6.07, 6.45) is 5.14. The fourth-order valence-corrected chi connectivity index (χ4v) is 3.12. The highest BCUT2D eigenvalue weighted by Gasteiger charge is 2.24. The normalized spacial score (nSPS) is 18.3. The Kier molecular flexibility index (Phi) is 14.1. The number of hydrogen-bond acceptors (Lipinski definition) is 3. The van der Waals surface area contributed by atoms with Crippen molar-refractivity contribution < 1.29 is 0 Å². The van der Waals surface area contributed by atoms with Crippen LogP contribution in [0.15, 0.2) is 4.99 Å². The first-order valence-electron chi connectivity index (χ1n) is 9.45. The molecular formula is C18H40IN5. The molecule has 1 heterocycles. The van der Waals surface area contributed by atoms with E-state index in [0.717, 1.165) is 19.0 Å². The average molecular weight is 453 g/mol. The zero-order chi connectivity index (χ0) is 17.1. The molecule has 0 aromatic heterocycles. The SMILES string of the molecule is CCCCCCNC(=NC)NCC(C(C)C)N1CCN(C)CC1.I. The molecule has 1 rings (SSSR count). The zero-order valence-corrected chi connectivity index (χ0v) is 18.8. The van der Waals surface area contributed by atoms with Crippen LogP contribution in [0.5, 0.6) is 0 Å². The van der Waals surface area contributed by atoms with E-state index < -0.39 is 0 Å². The standard InChI is InChI=1S/C18H39N5.HI/c1-6-7-8-9-10-20-18(19-4)21-15-17(16(2)3)23-13-11-22(5)12-14-23;/h16-17H,6-15H2,1-5H3,(H2,19,20,21);1H. The molecule has 0 bridgehead atoms. The van der Waals surface area contributed by atoms with Crippen LogP contribution < -0.4 is 10.6 Å². The number of aliphatic imine (C=N–C) groups is 1. The summed E-state index contributed by atoms with van der Waals surface area (Å²) < 4.78 is 0. The molecule has 24 heavy (non-hydrogen) atoms. The third-order valence-corrected chi connectivity index (χ3v) is 4.80. The van der Waals surface area contributed by atoms with Crippen molar-refractivity contribution >= 4 is 29.9 Å². The minimum atomic E-state index is 0. The molecule has 0 radical (unpaired) electrons. The van der Waals surface area contributed by atoms with Crippen LogP contribution >= 0.6 is 24.0 Å². The number of halogens is 1. The van der Waals surface area contributed by atoms with Gasteiger partial charge < -0.3 is 15.5 Å². The number of rotatable bonds is 9. The summed E-state index contributed by atoms with van der Waals surface area (Å²) >= 11 is 0. The molecule has 0 amide bonds. The second-order valence-corrected chi connectivity index (χ2v) is 7.09. The van der Waals surface area contributed by atoms with E-state index >= 15 is 0 Å². The highest BCUT2D eigenvalue weighted by atomic mass is 127. The van der Waals surface area contributed by atoms with Gasteiger partial charge in [-0.2, -0.15) is 0 Å². The number of guanidine groups is 1. The second kappa shape index (κ2) is 14.1. The minimum Gasteiger partial charge on any atom is -0.356 e. The maximum atomic E-state index is 4.36. The van der Waals surface area contributed by atoms with Gasteiger partial charge in [0.1, 0.15) is 0 Å². The van der Waals surface area contributed by atoms with Crippen molar-refractivity contribution in [3.8, 4) is 0 Å². The van der Waals surface area contributed by atoms with Crippen LogP contribution in [-0.4, -0.2) is 75.2 Å². The molecule has 1 aliphatic rings. The van der Waals surface area contributed by atoms with Crippen LogP contribution in [0.1, 0.15) is 46.5 Å². The maximum Gasteiger partial charge on any atom is 0.191 e. The van der Waals surface area contributed by atoms with Crippen molar-refractivity contribution in [1.82, 2.24) is 20.4 Å². The number of unbranched alkanes of at least 4 members (excludes halogenated alkanes) is 3. The van der Waals surface area contributed by atoms with Crippen LogP contribution in [0, 0.1) is 5.92 Å². The number of nitrogens with one attached hydrogen (secondary N) is 2. The maximum absolute atomic E-state index is 4.36. The first-order valence-corrected chi connectivity index (χ1v) is 9.45. The summed E-state index contributed by atoms with van der Waals surface area (Å²) in [5.41, 5.74) is 0. The van der Waals surface area contributed by atoms with Gasteiger partial charge in [-0.1, -0.05) is 40.0 Å².